The van der Waals surface area contributed by atoms with Gasteiger partial charge < -0.3 is 14.0 Å². The van der Waals surface area contributed by atoms with Crippen LogP contribution in [0.25, 0.3) is 11.5 Å². The van der Waals surface area contributed by atoms with Crippen molar-refractivity contribution in [1.29, 1.82) is 0 Å². The van der Waals surface area contributed by atoms with Crippen molar-refractivity contribution in [3.63, 3.8) is 0 Å². The van der Waals surface area contributed by atoms with Gasteiger partial charge in [0, 0.05) is 17.1 Å². The molecule has 0 N–H and O–H groups in total. The van der Waals surface area contributed by atoms with E-state index in [2.05, 4.69) is 46.8 Å². The summed E-state index contributed by atoms with van der Waals surface area (Å²) in [6, 6.07) is 20.7. The zero-order valence-corrected chi connectivity index (χ0v) is 20.3. The van der Waals surface area contributed by atoms with Crippen LogP contribution in [0.3, 0.4) is 0 Å². The highest BCUT2D eigenvalue weighted by molar-refractivity contribution is 9.10. The number of para-hydroxylation sites is 1. The zero-order valence-electron chi connectivity index (χ0n) is 18.7. The van der Waals surface area contributed by atoms with Crippen LogP contribution in [-0.4, -0.2) is 36.1 Å². The Morgan fingerprint density at radius 2 is 1.81 bits per heavy atom. The molecule has 0 spiro atoms. The van der Waals surface area contributed by atoms with E-state index in [9.17, 15) is 4.39 Å². The number of aromatic nitrogens is 6. The van der Waals surface area contributed by atoms with E-state index in [-0.39, 0.29) is 24.1 Å². The molecule has 180 valence electrons. The fourth-order valence-electron chi connectivity index (χ4n) is 3.22. The van der Waals surface area contributed by atoms with E-state index in [0.717, 1.165) is 10.0 Å². The van der Waals surface area contributed by atoms with Crippen molar-refractivity contribution >= 4 is 21.6 Å². The second-order valence-electron chi connectivity index (χ2n) is 7.38. The van der Waals surface area contributed by atoms with Crippen LogP contribution in [0.15, 0.2) is 86.8 Å². The van der Waals surface area contributed by atoms with Gasteiger partial charge in [-0.1, -0.05) is 63.6 Å². The highest BCUT2D eigenvalue weighted by Gasteiger charge is 2.18. The Balaban J connectivity index is 1.37. The van der Waals surface area contributed by atoms with Crippen LogP contribution < -0.4 is 4.74 Å². The molecule has 12 heteroatoms. The Morgan fingerprint density at radius 1 is 1.00 bits per heavy atom. The highest BCUT2D eigenvalue weighted by Crippen LogP contribution is 2.35. The SMILES string of the molecule is Cn1nnnc1/C(=N\OCc1nnc(-c2ccc(Br)cc2Oc2ccccc2F)o1)c1ccccc1. The van der Waals surface area contributed by atoms with Gasteiger partial charge in [0.2, 0.25) is 5.82 Å². The number of rotatable bonds is 8. The van der Waals surface area contributed by atoms with E-state index in [1.807, 2.05) is 30.3 Å². The third-order valence-corrected chi connectivity index (χ3v) is 5.41. The molecule has 0 bridgehead atoms. The monoisotopic (exact) mass is 549 g/mol. The summed E-state index contributed by atoms with van der Waals surface area (Å²) in [6.45, 7) is -0.103. The summed E-state index contributed by atoms with van der Waals surface area (Å²) in [5.41, 5.74) is 1.70. The minimum atomic E-state index is -0.492. The molecule has 5 rings (SSSR count). The van der Waals surface area contributed by atoms with Gasteiger partial charge >= 0.3 is 0 Å². The molecule has 0 radical (unpaired) electrons. The van der Waals surface area contributed by atoms with Crippen LogP contribution in [-0.2, 0) is 18.5 Å². The molecule has 2 heterocycles. The number of aryl methyl sites for hydroxylation is 1. The lowest BCUT2D eigenvalue weighted by Crippen LogP contribution is -2.12. The summed E-state index contributed by atoms with van der Waals surface area (Å²) in [6.07, 6.45) is 0. The maximum Gasteiger partial charge on any atom is 0.257 e. The van der Waals surface area contributed by atoms with Crippen molar-refractivity contribution in [2.24, 2.45) is 12.2 Å². The first-order valence-corrected chi connectivity index (χ1v) is 11.4. The molecule has 0 atom stereocenters. The Labute approximate surface area is 212 Å². The lowest BCUT2D eigenvalue weighted by Gasteiger charge is -2.10. The molecule has 0 amide bonds. The molecule has 10 nitrogen and oxygen atoms in total. The number of oxime groups is 1. The Kier molecular flexibility index (Phi) is 6.76. The van der Waals surface area contributed by atoms with Crippen molar-refractivity contribution in [2.45, 2.75) is 6.61 Å². The summed E-state index contributed by atoms with van der Waals surface area (Å²) in [5, 5.41) is 23.9. The summed E-state index contributed by atoms with van der Waals surface area (Å²) in [5.74, 6) is 0.699. The molecule has 0 aliphatic heterocycles. The number of tetrazole rings is 1. The second kappa shape index (κ2) is 10.4. The Bertz CT molecular complexity index is 1520. The quantitative estimate of drug-likeness (QED) is 0.198. The summed E-state index contributed by atoms with van der Waals surface area (Å²) in [4.78, 5) is 5.52. The van der Waals surface area contributed by atoms with Crippen molar-refractivity contribution in [3.8, 4) is 23.0 Å². The maximum absolute atomic E-state index is 14.1. The molecule has 3 aromatic carbocycles. The van der Waals surface area contributed by atoms with Gasteiger partial charge in [-0.2, -0.15) is 0 Å². The van der Waals surface area contributed by atoms with Crippen molar-refractivity contribution < 1.29 is 18.4 Å². The van der Waals surface area contributed by atoms with E-state index >= 15 is 0 Å². The third-order valence-electron chi connectivity index (χ3n) is 4.92. The predicted octanol–water partition coefficient (Wildman–Crippen LogP) is 4.92. The molecular weight excluding hydrogens is 533 g/mol. The smallest absolute Gasteiger partial charge is 0.257 e. The number of halogens is 2. The van der Waals surface area contributed by atoms with Gasteiger partial charge in [-0.3, -0.25) is 0 Å². The van der Waals surface area contributed by atoms with Gasteiger partial charge in [-0.05, 0) is 40.8 Å². The molecule has 0 unspecified atom stereocenters. The lowest BCUT2D eigenvalue weighted by atomic mass is 10.1. The fourth-order valence-corrected chi connectivity index (χ4v) is 3.56. The van der Waals surface area contributed by atoms with Crippen molar-refractivity contribution in [2.75, 3.05) is 0 Å². The predicted molar refractivity (Wildman–Crippen MR) is 130 cm³/mol. The third kappa shape index (κ3) is 5.13. The number of ether oxygens (including phenoxy) is 1. The topological polar surface area (TPSA) is 113 Å². The van der Waals surface area contributed by atoms with Gasteiger partial charge in [-0.25, -0.2) is 9.07 Å². The van der Waals surface area contributed by atoms with Crippen LogP contribution in [0.4, 0.5) is 4.39 Å². The maximum atomic E-state index is 14.1. The van der Waals surface area contributed by atoms with Gasteiger partial charge in [0.25, 0.3) is 11.8 Å². The van der Waals surface area contributed by atoms with Crippen molar-refractivity contribution in [3.05, 3.63) is 100 Å². The first-order valence-electron chi connectivity index (χ1n) is 10.6. The lowest BCUT2D eigenvalue weighted by molar-refractivity contribution is 0.111. The van der Waals surface area contributed by atoms with E-state index in [0.29, 0.717) is 22.8 Å². The first kappa shape index (κ1) is 23.3. The minimum absolute atomic E-state index is 0.0703. The molecule has 5 aromatic rings. The largest absolute Gasteiger partial charge is 0.453 e. The molecule has 36 heavy (non-hydrogen) atoms. The number of hydrogen-bond acceptors (Lipinski definition) is 9. The van der Waals surface area contributed by atoms with E-state index in [1.165, 1.54) is 16.8 Å². The molecule has 0 aliphatic carbocycles. The van der Waals surface area contributed by atoms with Crippen LogP contribution in [0.1, 0.15) is 17.3 Å². The average Bonchev–Trinajstić information content (AvgIpc) is 3.53. The standard InChI is InChI=1S/C24H17BrFN7O3/c1-33-23(28-31-32-33)22(15-7-3-2-4-8-15)30-34-14-21-27-29-24(36-21)17-12-11-16(25)13-20(17)35-19-10-6-5-9-18(19)26/h2-13H,14H2,1H3/b30-22-. The molecular formula is C24H17BrFN7O3. The van der Waals surface area contributed by atoms with E-state index in [1.54, 1.807) is 37.4 Å². The molecule has 0 aliphatic rings. The summed E-state index contributed by atoms with van der Waals surface area (Å²) in [7, 11) is 1.71. The highest BCUT2D eigenvalue weighted by atomic mass is 79.9. The second-order valence-corrected chi connectivity index (χ2v) is 8.30. The number of benzene rings is 3. The van der Waals surface area contributed by atoms with Gasteiger partial charge in [-0.15, -0.1) is 15.3 Å². The molecule has 2 aromatic heterocycles. The van der Waals surface area contributed by atoms with Crippen LogP contribution in [0.2, 0.25) is 0 Å². The summed E-state index contributed by atoms with van der Waals surface area (Å²) < 4.78 is 27.9. The minimum Gasteiger partial charge on any atom is -0.453 e. The number of nitrogens with zero attached hydrogens (tertiary/aromatic N) is 7. The van der Waals surface area contributed by atoms with Gasteiger partial charge in [0.05, 0.1) is 5.56 Å². The van der Waals surface area contributed by atoms with E-state index in [4.69, 9.17) is 14.0 Å². The molecule has 0 fully saturated rings. The molecule has 0 saturated heterocycles. The Morgan fingerprint density at radius 3 is 2.58 bits per heavy atom. The summed E-state index contributed by atoms with van der Waals surface area (Å²) >= 11 is 3.40. The fraction of sp³-hybridized carbons (Fsp3) is 0.0833. The van der Waals surface area contributed by atoms with Gasteiger partial charge in [0.1, 0.15) is 5.75 Å². The van der Waals surface area contributed by atoms with Gasteiger partial charge in [0.15, 0.2) is 23.9 Å². The number of hydrogen-bond donors (Lipinski definition) is 0. The zero-order chi connectivity index (χ0) is 24.9. The average molecular weight is 550 g/mol. The Hall–Kier alpha value is -4.45. The van der Waals surface area contributed by atoms with Crippen LogP contribution in [0, 0.1) is 5.82 Å². The van der Waals surface area contributed by atoms with Crippen molar-refractivity contribution in [1.82, 2.24) is 30.4 Å². The normalized spacial score (nSPS) is 11.5. The van der Waals surface area contributed by atoms with Crippen LogP contribution >= 0.6 is 15.9 Å². The van der Waals surface area contributed by atoms with E-state index < -0.39 is 5.82 Å². The molecule has 0 saturated carbocycles. The first-order chi connectivity index (χ1) is 17.6. The van der Waals surface area contributed by atoms with Crippen LogP contribution in [0.5, 0.6) is 11.5 Å².